The first kappa shape index (κ1) is 19.6. The molecule has 1 aliphatic heterocycles. The highest BCUT2D eigenvalue weighted by Crippen LogP contribution is 2.30. The minimum atomic E-state index is -0.699. The molecule has 0 aliphatic carbocycles. The molecular weight excluding hydrogens is 338 g/mol. The molecular formula is C23H29NO3. The summed E-state index contributed by atoms with van der Waals surface area (Å²) >= 11 is 0. The summed E-state index contributed by atoms with van der Waals surface area (Å²) < 4.78 is 6.56. The van der Waals surface area contributed by atoms with Crippen molar-refractivity contribution in [3.8, 4) is 0 Å². The number of carbonyl (C=O) groups is 1. The Morgan fingerprint density at radius 1 is 0.963 bits per heavy atom. The maximum atomic E-state index is 10.6. The lowest BCUT2D eigenvalue weighted by Gasteiger charge is -2.34. The van der Waals surface area contributed by atoms with Crippen LogP contribution in [-0.4, -0.2) is 41.7 Å². The van der Waals surface area contributed by atoms with Crippen molar-refractivity contribution in [1.29, 1.82) is 0 Å². The standard InChI is InChI=1S/C23H29NO3/c25-22(26)13-7-8-16-24-17-14-21(15-18-24)27-23(19-9-3-1-4-10-19)20-11-5-2-6-12-20/h1-6,9-12,21,23H,7-8,13-18H2,(H,25,26). The van der Waals surface area contributed by atoms with Crippen molar-refractivity contribution in [3.05, 3.63) is 71.8 Å². The van der Waals surface area contributed by atoms with E-state index >= 15 is 0 Å². The van der Waals surface area contributed by atoms with Crippen molar-refractivity contribution in [2.75, 3.05) is 19.6 Å². The zero-order valence-electron chi connectivity index (χ0n) is 15.8. The highest BCUT2D eigenvalue weighted by Gasteiger charge is 2.24. The van der Waals surface area contributed by atoms with Crippen LogP contribution in [0.15, 0.2) is 60.7 Å². The van der Waals surface area contributed by atoms with Gasteiger partial charge in [-0.15, -0.1) is 0 Å². The molecule has 27 heavy (non-hydrogen) atoms. The Bertz CT molecular complexity index is 642. The molecule has 0 amide bonds. The van der Waals surface area contributed by atoms with Crippen LogP contribution in [0.3, 0.4) is 0 Å². The minimum absolute atomic E-state index is 0.0282. The van der Waals surface area contributed by atoms with E-state index in [1.54, 1.807) is 0 Å². The number of carboxylic acids is 1. The van der Waals surface area contributed by atoms with Crippen molar-refractivity contribution >= 4 is 5.97 Å². The second-order valence-corrected chi connectivity index (χ2v) is 7.23. The van der Waals surface area contributed by atoms with Crippen LogP contribution < -0.4 is 0 Å². The molecule has 2 aromatic carbocycles. The van der Waals surface area contributed by atoms with Crippen LogP contribution in [0.4, 0.5) is 0 Å². The highest BCUT2D eigenvalue weighted by atomic mass is 16.5. The third kappa shape index (κ3) is 6.19. The average Bonchev–Trinajstić information content (AvgIpc) is 2.71. The Morgan fingerprint density at radius 3 is 2.04 bits per heavy atom. The van der Waals surface area contributed by atoms with Crippen LogP contribution in [0, 0.1) is 0 Å². The molecule has 1 N–H and O–H groups in total. The molecule has 0 aromatic heterocycles. The lowest BCUT2D eigenvalue weighted by Crippen LogP contribution is -2.38. The molecule has 2 aromatic rings. The quantitative estimate of drug-likeness (QED) is 0.663. The zero-order valence-corrected chi connectivity index (χ0v) is 15.8. The first-order valence-corrected chi connectivity index (χ1v) is 9.92. The minimum Gasteiger partial charge on any atom is -0.481 e. The molecule has 0 radical (unpaired) electrons. The van der Waals surface area contributed by atoms with Crippen molar-refractivity contribution in [2.45, 2.75) is 44.3 Å². The summed E-state index contributed by atoms with van der Waals surface area (Å²) in [6, 6.07) is 20.9. The van der Waals surface area contributed by atoms with Gasteiger partial charge >= 0.3 is 5.97 Å². The van der Waals surface area contributed by atoms with Gasteiger partial charge in [-0.05, 0) is 43.4 Å². The summed E-state index contributed by atoms with van der Waals surface area (Å²) in [5.74, 6) is -0.699. The van der Waals surface area contributed by atoms with E-state index < -0.39 is 5.97 Å². The lowest BCUT2D eigenvalue weighted by molar-refractivity contribution is -0.137. The summed E-state index contributed by atoms with van der Waals surface area (Å²) in [4.78, 5) is 13.0. The van der Waals surface area contributed by atoms with Gasteiger partial charge in [-0.1, -0.05) is 60.7 Å². The number of carboxylic acid groups (broad SMARTS) is 1. The van der Waals surface area contributed by atoms with E-state index in [1.807, 2.05) is 12.1 Å². The Morgan fingerprint density at radius 2 is 1.52 bits per heavy atom. The van der Waals surface area contributed by atoms with Gasteiger partial charge in [-0.3, -0.25) is 4.79 Å². The molecule has 0 bridgehead atoms. The lowest BCUT2D eigenvalue weighted by atomic mass is 10.00. The van der Waals surface area contributed by atoms with Crippen LogP contribution in [0.5, 0.6) is 0 Å². The molecule has 1 fully saturated rings. The number of aliphatic carboxylic acids is 1. The van der Waals surface area contributed by atoms with Gasteiger partial charge in [0.25, 0.3) is 0 Å². The highest BCUT2D eigenvalue weighted by molar-refractivity contribution is 5.66. The Hall–Kier alpha value is -2.17. The van der Waals surface area contributed by atoms with Gasteiger partial charge in [-0.25, -0.2) is 0 Å². The number of unbranched alkanes of at least 4 members (excludes halogenated alkanes) is 1. The molecule has 0 saturated carbocycles. The van der Waals surface area contributed by atoms with E-state index in [1.165, 1.54) is 11.1 Å². The van der Waals surface area contributed by atoms with Crippen LogP contribution in [0.1, 0.15) is 49.3 Å². The molecule has 4 nitrogen and oxygen atoms in total. The first-order chi connectivity index (χ1) is 13.2. The van der Waals surface area contributed by atoms with Gasteiger partial charge in [0, 0.05) is 19.5 Å². The first-order valence-electron chi connectivity index (χ1n) is 9.92. The largest absolute Gasteiger partial charge is 0.481 e. The average molecular weight is 367 g/mol. The third-order valence-corrected chi connectivity index (χ3v) is 5.18. The summed E-state index contributed by atoms with van der Waals surface area (Å²) in [6.07, 6.45) is 4.26. The molecule has 1 aliphatic rings. The summed E-state index contributed by atoms with van der Waals surface area (Å²) in [5.41, 5.74) is 2.39. The number of nitrogens with zero attached hydrogens (tertiary/aromatic N) is 1. The predicted molar refractivity (Wildman–Crippen MR) is 107 cm³/mol. The molecule has 144 valence electrons. The smallest absolute Gasteiger partial charge is 0.303 e. The van der Waals surface area contributed by atoms with E-state index in [4.69, 9.17) is 9.84 Å². The monoisotopic (exact) mass is 367 g/mol. The molecule has 0 spiro atoms. The van der Waals surface area contributed by atoms with Crippen LogP contribution in [-0.2, 0) is 9.53 Å². The van der Waals surface area contributed by atoms with Gasteiger partial charge in [0.2, 0.25) is 0 Å². The second kappa shape index (κ2) is 10.2. The van der Waals surface area contributed by atoms with Crippen molar-refractivity contribution < 1.29 is 14.6 Å². The Balaban J connectivity index is 1.53. The van der Waals surface area contributed by atoms with Gasteiger partial charge < -0.3 is 14.7 Å². The maximum Gasteiger partial charge on any atom is 0.303 e. The van der Waals surface area contributed by atoms with E-state index in [2.05, 4.69) is 53.4 Å². The summed E-state index contributed by atoms with van der Waals surface area (Å²) in [7, 11) is 0. The number of hydrogen-bond acceptors (Lipinski definition) is 3. The SMILES string of the molecule is O=C(O)CCCCN1CCC(OC(c2ccccc2)c2ccccc2)CC1. The number of ether oxygens (including phenoxy) is 1. The van der Waals surface area contributed by atoms with E-state index in [9.17, 15) is 4.79 Å². The zero-order chi connectivity index (χ0) is 18.9. The van der Waals surface area contributed by atoms with Gasteiger partial charge in [0.15, 0.2) is 0 Å². The summed E-state index contributed by atoms with van der Waals surface area (Å²) in [6.45, 7) is 3.03. The summed E-state index contributed by atoms with van der Waals surface area (Å²) in [5, 5.41) is 8.73. The molecule has 3 rings (SSSR count). The molecule has 1 saturated heterocycles. The number of rotatable bonds is 9. The molecule has 1 heterocycles. The number of likely N-dealkylation sites (tertiary alicyclic amines) is 1. The fraction of sp³-hybridized carbons (Fsp3) is 0.435. The van der Waals surface area contributed by atoms with E-state index in [0.29, 0.717) is 0 Å². The predicted octanol–water partition coefficient (Wildman–Crippen LogP) is 4.51. The maximum absolute atomic E-state index is 10.6. The van der Waals surface area contributed by atoms with Crippen LogP contribution in [0.2, 0.25) is 0 Å². The van der Waals surface area contributed by atoms with Crippen LogP contribution in [0.25, 0.3) is 0 Å². The third-order valence-electron chi connectivity index (χ3n) is 5.18. The Labute approximate surface area is 161 Å². The van der Waals surface area contributed by atoms with Gasteiger partial charge in [0.1, 0.15) is 6.10 Å². The Kier molecular flexibility index (Phi) is 7.43. The van der Waals surface area contributed by atoms with E-state index in [-0.39, 0.29) is 18.6 Å². The van der Waals surface area contributed by atoms with Crippen molar-refractivity contribution in [3.63, 3.8) is 0 Å². The van der Waals surface area contributed by atoms with Crippen LogP contribution >= 0.6 is 0 Å². The molecule has 4 heteroatoms. The normalized spacial score (nSPS) is 15.9. The van der Waals surface area contributed by atoms with Gasteiger partial charge in [-0.2, -0.15) is 0 Å². The van der Waals surface area contributed by atoms with Crippen molar-refractivity contribution in [2.24, 2.45) is 0 Å². The fourth-order valence-electron chi connectivity index (χ4n) is 3.68. The fourth-order valence-corrected chi connectivity index (χ4v) is 3.68. The van der Waals surface area contributed by atoms with E-state index in [0.717, 1.165) is 45.3 Å². The number of hydrogen-bond donors (Lipinski definition) is 1. The van der Waals surface area contributed by atoms with Crippen molar-refractivity contribution in [1.82, 2.24) is 4.90 Å². The number of piperidine rings is 1. The molecule has 0 unspecified atom stereocenters. The second-order valence-electron chi connectivity index (χ2n) is 7.23. The number of benzene rings is 2. The topological polar surface area (TPSA) is 49.8 Å². The molecule has 0 atom stereocenters. The van der Waals surface area contributed by atoms with Gasteiger partial charge in [0.05, 0.1) is 6.10 Å².